The highest BCUT2D eigenvalue weighted by molar-refractivity contribution is 5.74. The van der Waals surface area contributed by atoms with E-state index in [9.17, 15) is 9.90 Å². The summed E-state index contributed by atoms with van der Waals surface area (Å²) in [5.74, 6) is 0.442. The number of rotatable bonds is 7. The number of likely N-dealkylation sites (N-methyl/N-ethyl adjacent to an activating group) is 1. The van der Waals surface area contributed by atoms with E-state index in [0.29, 0.717) is 5.76 Å². The second-order valence-electron chi connectivity index (χ2n) is 7.00. The number of hydrogen-bond acceptors (Lipinski definition) is 5. The van der Waals surface area contributed by atoms with Gasteiger partial charge in [-0.3, -0.25) is 0 Å². The molecular weight excluding hydrogens is 308 g/mol. The number of carbonyl (C=O) groups is 1. The zero-order valence-corrected chi connectivity index (χ0v) is 14.9. The number of likely N-dealkylation sites (tertiary alicyclic amines) is 1. The number of nitrogens with one attached hydrogen (secondary N) is 2. The first-order valence-corrected chi connectivity index (χ1v) is 8.54. The maximum absolute atomic E-state index is 12.0. The van der Waals surface area contributed by atoms with E-state index < -0.39 is 5.60 Å². The SMILES string of the molecule is CN(C)CCN1CCC(NC(=O)NCC(C)(O)c2ccco2)CC1. The highest BCUT2D eigenvalue weighted by atomic mass is 16.4. The monoisotopic (exact) mass is 338 g/mol. The Morgan fingerprint density at radius 2 is 2.17 bits per heavy atom. The molecule has 1 aliphatic heterocycles. The van der Waals surface area contributed by atoms with E-state index >= 15 is 0 Å². The molecule has 2 amide bonds. The average Bonchev–Trinajstić information content (AvgIpc) is 3.08. The Balaban J connectivity index is 1.67. The Morgan fingerprint density at radius 3 is 2.75 bits per heavy atom. The van der Waals surface area contributed by atoms with Gasteiger partial charge in [0.2, 0.25) is 0 Å². The van der Waals surface area contributed by atoms with Crippen molar-refractivity contribution in [2.24, 2.45) is 0 Å². The van der Waals surface area contributed by atoms with Crippen LogP contribution in [-0.4, -0.2) is 73.8 Å². The van der Waals surface area contributed by atoms with Crippen molar-refractivity contribution in [2.45, 2.75) is 31.4 Å². The van der Waals surface area contributed by atoms with Gasteiger partial charge in [-0.1, -0.05) is 0 Å². The molecule has 0 aromatic carbocycles. The fourth-order valence-corrected chi connectivity index (χ4v) is 2.80. The molecule has 0 saturated carbocycles. The van der Waals surface area contributed by atoms with E-state index in [1.807, 2.05) is 0 Å². The van der Waals surface area contributed by atoms with Gasteiger partial charge in [-0.15, -0.1) is 0 Å². The minimum atomic E-state index is -1.21. The molecule has 2 heterocycles. The van der Waals surface area contributed by atoms with Crippen molar-refractivity contribution < 1.29 is 14.3 Å². The standard InChI is InChI=1S/C17H30N4O3/c1-17(23,15-5-4-12-24-15)13-18-16(22)19-14-6-8-21(9-7-14)11-10-20(2)3/h4-5,12,14,23H,6-11,13H2,1-3H3,(H2,18,19,22). The van der Waals surface area contributed by atoms with Gasteiger partial charge in [-0.25, -0.2) is 4.79 Å². The molecule has 7 nitrogen and oxygen atoms in total. The zero-order valence-electron chi connectivity index (χ0n) is 14.9. The normalized spacial score (nSPS) is 19.2. The first kappa shape index (κ1) is 18.8. The first-order valence-electron chi connectivity index (χ1n) is 8.54. The summed E-state index contributed by atoms with van der Waals surface area (Å²) < 4.78 is 5.20. The molecule has 0 bridgehead atoms. The van der Waals surface area contributed by atoms with Gasteiger partial charge < -0.3 is 30.0 Å². The summed E-state index contributed by atoms with van der Waals surface area (Å²) in [6.07, 6.45) is 3.42. The van der Waals surface area contributed by atoms with Crippen LogP contribution in [0.2, 0.25) is 0 Å². The predicted molar refractivity (Wildman–Crippen MR) is 92.8 cm³/mol. The van der Waals surface area contributed by atoms with Crippen LogP contribution >= 0.6 is 0 Å². The average molecular weight is 338 g/mol. The molecule has 0 radical (unpaired) electrons. The number of aliphatic hydroxyl groups is 1. The molecule has 2 rings (SSSR count). The van der Waals surface area contributed by atoms with E-state index in [0.717, 1.165) is 39.0 Å². The first-order chi connectivity index (χ1) is 11.4. The molecule has 0 aliphatic carbocycles. The van der Waals surface area contributed by atoms with Crippen molar-refractivity contribution >= 4 is 6.03 Å². The topological polar surface area (TPSA) is 81.0 Å². The van der Waals surface area contributed by atoms with Crippen LogP contribution < -0.4 is 10.6 Å². The molecule has 3 N–H and O–H groups in total. The van der Waals surface area contributed by atoms with E-state index in [2.05, 4.69) is 34.5 Å². The lowest BCUT2D eigenvalue weighted by Crippen LogP contribution is -2.50. The van der Waals surface area contributed by atoms with Crippen LogP contribution in [0.3, 0.4) is 0 Å². The Kier molecular flexibility index (Phi) is 6.65. The van der Waals surface area contributed by atoms with Gasteiger partial charge in [0.25, 0.3) is 0 Å². The third-order valence-electron chi connectivity index (χ3n) is 4.43. The largest absolute Gasteiger partial charge is 0.466 e. The van der Waals surface area contributed by atoms with Crippen LogP contribution in [0.25, 0.3) is 0 Å². The van der Waals surface area contributed by atoms with Crippen LogP contribution in [0.1, 0.15) is 25.5 Å². The van der Waals surface area contributed by atoms with Crippen LogP contribution in [0.15, 0.2) is 22.8 Å². The number of piperidine rings is 1. The van der Waals surface area contributed by atoms with Crippen LogP contribution in [-0.2, 0) is 5.60 Å². The Morgan fingerprint density at radius 1 is 1.46 bits per heavy atom. The maximum Gasteiger partial charge on any atom is 0.315 e. The third kappa shape index (κ3) is 5.81. The van der Waals surface area contributed by atoms with Gasteiger partial charge in [0.05, 0.1) is 12.8 Å². The molecule has 1 saturated heterocycles. The summed E-state index contributed by atoms with van der Waals surface area (Å²) in [5, 5.41) is 16.0. The Hall–Kier alpha value is -1.57. The summed E-state index contributed by atoms with van der Waals surface area (Å²) in [6.45, 7) is 5.85. The zero-order chi connectivity index (χ0) is 17.6. The minimum absolute atomic E-state index is 0.105. The Bertz CT molecular complexity index is 494. The van der Waals surface area contributed by atoms with Crippen LogP contribution in [0.5, 0.6) is 0 Å². The lowest BCUT2D eigenvalue weighted by atomic mass is 10.0. The van der Waals surface area contributed by atoms with Crippen molar-refractivity contribution in [1.82, 2.24) is 20.4 Å². The quantitative estimate of drug-likeness (QED) is 0.686. The number of hydrogen-bond donors (Lipinski definition) is 3. The van der Waals surface area contributed by atoms with Gasteiger partial charge >= 0.3 is 6.03 Å². The van der Waals surface area contributed by atoms with E-state index in [-0.39, 0.29) is 18.6 Å². The molecular formula is C17H30N4O3. The smallest absolute Gasteiger partial charge is 0.315 e. The number of urea groups is 1. The van der Waals surface area contributed by atoms with Crippen molar-refractivity contribution in [1.29, 1.82) is 0 Å². The summed E-state index contributed by atoms with van der Waals surface area (Å²) in [5.41, 5.74) is -1.21. The fourth-order valence-electron chi connectivity index (χ4n) is 2.80. The molecule has 136 valence electrons. The Labute approximate surface area is 144 Å². The molecule has 1 aromatic rings. The number of nitrogens with zero attached hydrogens (tertiary/aromatic N) is 2. The predicted octanol–water partition coefficient (Wildman–Crippen LogP) is 0.812. The highest BCUT2D eigenvalue weighted by Crippen LogP contribution is 2.19. The molecule has 1 aliphatic rings. The van der Waals surface area contributed by atoms with Crippen molar-refractivity contribution in [2.75, 3.05) is 46.8 Å². The molecule has 1 atom stereocenters. The summed E-state index contributed by atoms with van der Waals surface area (Å²) in [7, 11) is 4.16. The van der Waals surface area contributed by atoms with E-state index in [1.54, 1.807) is 19.1 Å². The van der Waals surface area contributed by atoms with Crippen molar-refractivity contribution in [3.63, 3.8) is 0 Å². The molecule has 1 fully saturated rings. The minimum Gasteiger partial charge on any atom is -0.466 e. The molecule has 0 spiro atoms. The number of amides is 2. The van der Waals surface area contributed by atoms with Gasteiger partial charge in [0.1, 0.15) is 11.4 Å². The second kappa shape index (κ2) is 8.50. The summed E-state index contributed by atoms with van der Waals surface area (Å²) in [4.78, 5) is 16.7. The number of carbonyl (C=O) groups excluding carboxylic acids is 1. The third-order valence-corrected chi connectivity index (χ3v) is 4.43. The van der Waals surface area contributed by atoms with Crippen molar-refractivity contribution in [3.8, 4) is 0 Å². The van der Waals surface area contributed by atoms with Gasteiger partial charge in [-0.05, 0) is 46.0 Å². The lowest BCUT2D eigenvalue weighted by Gasteiger charge is -2.33. The van der Waals surface area contributed by atoms with Crippen LogP contribution in [0.4, 0.5) is 4.79 Å². The fraction of sp³-hybridized carbons (Fsp3) is 0.706. The van der Waals surface area contributed by atoms with Crippen LogP contribution in [0, 0.1) is 0 Å². The number of furan rings is 1. The maximum atomic E-state index is 12.0. The second-order valence-corrected chi connectivity index (χ2v) is 7.00. The summed E-state index contributed by atoms with van der Waals surface area (Å²) >= 11 is 0. The van der Waals surface area contributed by atoms with Gasteiger partial charge in [0, 0.05) is 32.2 Å². The molecule has 7 heteroatoms. The lowest BCUT2D eigenvalue weighted by molar-refractivity contribution is 0.0365. The van der Waals surface area contributed by atoms with E-state index in [1.165, 1.54) is 6.26 Å². The molecule has 1 aromatic heterocycles. The van der Waals surface area contributed by atoms with Crippen molar-refractivity contribution in [3.05, 3.63) is 24.2 Å². The molecule has 1 unspecified atom stereocenters. The van der Waals surface area contributed by atoms with Gasteiger partial charge in [0.15, 0.2) is 0 Å². The van der Waals surface area contributed by atoms with E-state index in [4.69, 9.17) is 4.42 Å². The summed E-state index contributed by atoms with van der Waals surface area (Å²) in [6, 6.07) is 3.36. The van der Waals surface area contributed by atoms with Gasteiger partial charge in [-0.2, -0.15) is 0 Å². The highest BCUT2D eigenvalue weighted by Gasteiger charge is 2.27. The molecule has 24 heavy (non-hydrogen) atoms.